The summed E-state index contributed by atoms with van der Waals surface area (Å²) in [5.41, 5.74) is 3.22. The Hall–Kier alpha value is -2.40. The average molecular weight is 311 g/mol. The molecule has 1 aromatic heterocycles. The van der Waals surface area contributed by atoms with Crippen LogP contribution in [0.1, 0.15) is 18.4 Å². The van der Waals surface area contributed by atoms with Crippen molar-refractivity contribution in [3.8, 4) is 11.1 Å². The van der Waals surface area contributed by atoms with Gasteiger partial charge < -0.3 is 15.3 Å². The molecule has 0 spiro atoms. The lowest BCUT2D eigenvalue weighted by Gasteiger charge is -2.30. The van der Waals surface area contributed by atoms with Gasteiger partial charge in [-0.3, -0.25) is 4.98 Å². The number of pyridine rings is 1. The minimum atomic E-state index is -0.395. The molecular formula is C18H21N3O2. The summed E-state index contributed by atoms with van der Waals surface area (Å²) in [4.78, 5) is 17.9. The molecule has 0 bridgehead atoms. The molecule has 5 heteroatoms. The summed E-state index contributed by atoms with van der Waals surface area (Å²) in [6.07, 6.45) is 4.82. The van der Waals surface area contributed by atoms with Gasteiger partial charge in [-0.25, -0.2) is 4.79 Å². The number of nitrogens with zero attached hydrogens (tertiary/aromatic N) is 2. The first-order valence-corrected chi connectivity index (χ1v) is 7.92. The number of β-amino-alcohol motifs (C(OH)–C–C–N with tert-alkyl or cyclic N) is 1. The zero-order valence-corrected chi connectivity index (χ0v) is 13.0. The standard InChI is InChI=1S/C18H21N3O2/c22-17-4-2-10-21(13-17)18(23)20-11-14-5-7-15(8-6-14)16-3-1-9-19-12-16/h1,3,5-9,12,17,22H,2,4,10-11,13H2,(H,20,23). The molecule has 5 nitrogen and oxygen atoms in total. The second kappa shape index (κ2) is 7.24. The van der Waals surface area contributed by atoms with E-state index in [1.54, 1.807) is 11.1 Å². The van der Waals surface area contributed by atoms with Gasteiger partial charge in [-0.15, -0.1) is 0 Å². The number of nitrogens with one attached hydrogen (secondary N) is 1. The van der Waals surface area contributed by atoms with Crippen LogP contribution in [0.4, 0.5) is 4.79 Å². The number of likely N-dealkylation sites (tertiary alicyclic amines) is 1. The van der Waals surface area contributed by atoms with E-state index < -0.39 is 6.10 Å². The Labute approximate surface area is 136 Å². The lowest BCUT2D eigenvalue weighted by atomic mass is 10.1. The molecule has 23 heavy (non-hydrogen) atoms. The molecule has 1 aliphatic rings. The van der Waals surface area contributed by atoms with E-state index in [9.17, 15) is 9.90 Å². The molecule has 1 fully saturated rings. The molecule has 0 saturated carbocycles. The van der Waals surface area contributed by atoms with E-state index in [-0.39, 0.29) is 6.03 Å². The van der Waals surface area contributed by atoms with Crippen molar-refractivity contribution in [3.63, 3.8) is 0 Å². The maximum Gasteiger partial charge on any atom is 0.317 e. The normalized spacial score (nSPS) is 17.8. The fraction of sp³-hybridized carbons (Fsp3) is 0.333. The average Bonchev–Trinajstić information content (AvgIpc) is 2.61. The Morgan fingerprint density at radius 2 is 2.09 bits per heavy atom. The van der Waals surface area contributed by atoms with Crippen LogP contribution in [0.15, 0.2) is 48.8 Å². The van der Waals surface area contributed by atoms with Crippen molar-refractivity contribution in [2.45, 2.75) is 25.5 Å². The Bertz CT molecular complexity index is 643. The highest BCUT2D eigenvalue weighted by Crippen LogP contribution is 2.18. The van der Waals surface area contributed by atoms with Gasteiger partial charge in [-0.1, -0.05) is 30.3 Å². The lowest BCUT2D eigenvalue weighted by Crippen LogP contribution is -2.46. The van der Waals surface area contributed by atoms with Crippen LogP contribution in [-0.4, -0.2) is 40.2 Å². The molecule has 1 aromatic carbocycles. The van der Waals surface area contributed by atoms with E-state index in [0.29, 0.717) is 19.6 Å². The van der Waals surface area contributed by atoms with Crippen molar-refractivity contribution >= 4 is 6.03 Å². The number of aromatic nitrogens is 1. The SMILES string of the molecule is O=C(NCc1ccc(-c2cccnc2)cc1)N1CCCC(O)C1. The lowest BCUT2D eigenvalue weighted by molar-refractivity contribution is 0.0842. The third-order valence-corrected chi connectivity index (χ3v) is 4.08. The number of hydrogen-bond donors (Lipinski definition) is 2. The van der Waals surface area contributed by atoms with Gasteiger partial charge in [0, 0.05) is 32.0 Å². The third-order valence-electron chi connectivity index (χ3n) is 4.08. The van der Waals surface area contributed by atoms with Gasteiger partial charge in [-0.05, 0) is 35.6 Å². The number of hydrogen-bond acceptors (Lipinski definition) is 3. The molecule has 0 aliphatic carbocycles. The Morgan fingerprint density at radius 1 is 1.26 bits per heavy atom. The Kier molecular flexibility index (Phi) is 4.88. The van der Waals surface area contributed by atoms with Gasteiger partial charge in [0.15, 0.2) is 0 Å². The summed E-state index contributed by atoms with van der Waals surface area (Å²) >= 11 is 0. The van der Waals surface area contributed by atoms with E-state index in [0.717, 1.165) is 29.5 Å². The van der Waals surface area contributed by atoms with E-state index in [2.05, 4.69) is 10.3 Å². The molecule has 2 heterocycles. The van der Waals surface area contributed by atoms with Gasteiger partial charge in [0.25, 0.3) is 0 Å². The van der Waals surface area contributed by atoms with Gasteiger partial charge >= 0.3 is 6.03 Å². The topological polar surface area (TPSA) is 65.5 Å². The minimum absolute atomic E-state index is 0.111. The molecule has 0 radical (unpaired) electrons. The van der Waals surface area contributed by atoms with Crippen molar-refractivity contribution in [1.29, 1.82) is 0 Å². The summed E-state index contributed by atoms with van der Waals surface area (Å²) < 4.78 is 0. The van der Waals surface area contributed by atoms with Crippen LogP contribution in [0.2, 0.25) is 0 Å². The summed E-state index contributed by atoms with van der Waals surface area (Å²) in [7, 11) is 0. The minimum Gasteiger partial charge on any atom is -0.391 e. The zero-order chi connectivity index (χ0) is 16.1. The van der Waals surface area contributed by atoms with Crippen LogP contribution >= 0.6 is 0 Å². The molecule has 120 valence electrons. The molecule has 1 saturated heterocycles. The second-order valence-corrected chi connectivity index (χ2v) is 5.84. The molecule has 2 amide bonds. The van der Waals surface area contributed by atoms with Gasteiger partial charge in [0.2, 0.25) is 0 Å². The van der Waals surface area contributed by atoms with Crippen LogP contribution < -0.4 is 5.32 Å². The number of rotatable bonds is 3. The summed E-state index contributed by atoms with van der Waals surface area (Å²) in [5, 5.41) is 12.5. The summed E-state index contributed by atoms with van der Waals surface area (Å²) in [6, 6.07) is 11.9. The van der Waals surface area contributed by atoms with Crippen LogP contribution in [0.3, 0.4) is 0 Å². The maximum atomic E-state index is 12.1. The number of piperidine rings is 1. The van der Waals surface area contributed by atoms with Crippen molar-refractivity contribution in [1.82, 2.24) is 15.2 Å². The second-order valence-electron chi connectivity index (χ2n) is 5.84. The van der Waals surface area contributed by atoms with Gasteiger partial charge in [0.05, 0.1) is 6.10 Å². The highest BCUT2D eigenvalue weighted by Gasteiger charge is 2.21. The molecule has 1 unspecified atom stereocenters. The first kappa shape index (κ1) is 15.5. The van der Waals surface area contributed by atoms with Crippen molar-refractivity contribution in [2.24, 2.45) is 0 Å². The van der Waals surface area contributed by atoms with Crippen LogP contribution in [0.5, 0.6) is 0 Å². The van der Waals surface area contributed by atoms with Crippen LogP contribution in [-0.2, 0) is 6.54 Å². The van der Waals surface area contributed by atoms with E-state index >= 15 is 0 Å². The number of aliphatic hydroxyl groups is 1. The van der Waals surface area contributed by atoms with Gasteiger partial charge in [0.1, 0.15) is 0 Å². The highest BCUT2D eigenvalue weighted by atomic mass is 16.3. The summed E-state index contributed by atoms with van der Waals surface area (Å²) in [6.45, 7) is 1.62. The fourth-order valence-corrected chi connectivity index (χ4v) is 2.78. The first-order chi connectivity index (χ1) is 11.2. The molecule has 2 aromatic rings. The molecule has 1 aliphatic heterocycles. The molecule has 1 atom stereocenters. The zero-order valence-electron chi connectivity index (χ0n) is 13.0. The number of carbonyl (C=O) groups excluding carboxylic acids is 1. The van der Waals surface area contributed by atoms with Crippen LogP contribution in [0, 0.1) is 0 Å². The predicted octanol–water partition coefficient (Wildman–Crippen LogP) is 2.41. The predicted molar refractivity (Wildman–Crippen MR) is 88.7 cm³/mol. The fourth-order valence-electron chi connectivity index (χ4n) is 2.78. The van der Waals surface area contributed by atoms with Crippen molar-refractivity contribution in [3.05, 3.63) is 54.4 Å². The molecule has 2 N–H and O–H groups in total. The Morgan fingerprint density at radius 3 is 2.78 bits per heavy atom. The summed E-state index contributed by atoms with van der Waals surface area (Å²) in [5.74, 6) is 0. The number of aliphatic hydroxyl groups excluding tert-OH is 1. The van der Waals surface area contributed by atoms with Gasteiger partial charge in [-0.2, -0.15) is 0 Å². The molecular weight excluding hydrogens is 290 g/mol. The number of carbonyl (C=O) groups is 1. The van der Waals surface area contributed by atoms with Crippen LogP contribution in [0.25, 0.3) is 11.1 Å². The number of amides is 2. The van der Waals surface area contributed by atoms with Crippen molar-refractivity contribution < 1.29 is 9.90 Å². The smallest absolute Gasteiger partial charge is 0.317 e. The van der Waals surface area contributed by atoms with Crippen molar-refractivity contribution in [2.75, 3.05) is 13.1 Å². The maximum absolute atomic E-state index is 12.1. The first-order valence-electron chi connectivity index (χ1n) is 7.92. The van der Waals surface area contributed by atoms with E-state index in [1.165, 1.54) is 0 Å². The largest absolute Gasteiger partial charge is 0.391 e. The molecule has 3 rings (SSSR count). The monoisotopic (exact) mass is 311 g/mol. The Balaban J connectivity index is 1.55. The quantitative estimate of drug-likeness (QED) is 0.915. The third kappa shape index (κ3) is 4.07. The highest BCUT2D eigenvalue weighted by molar-refractivity contribution is 5.74. The van der Waals surface area contributed by atoms with E-state index in [4.69, 9.17) is 0 Å². The van der Waals surface area contributed by atoms with E-state index in [1.807, 2.05) is 42.6 Å². The number of benzene rings is 1. The number of urea groups is 1.